The first-order valence-electron chi connectivity index (χ1n) is 6.69. The number of nitrogens with one attached hydrogen (secondary N) is 1. The van der Waals surface area contributed by atoms with E-state index in [9.17, 15) is 0 Å². The van der Waals surface area contributed by atoms with Crippen molar-refractivity contribution >= 4 is 44.8 Å². The normalized spacial score (nSPS) is 17.0. The largest absolute Gasteiger partial charge is 0.493 e. The number of anilines is 1. The first-order chi connectivity index (χ1) is 10.0. The first kappa shape index (κ1) is 15.0. The van der Waals surface area contributed by atoms with E-state index in [-0.39, 0.29) is 6.04 Å². The number of fused-ring (bicyclic) bond motifs is 1. The number of hydrogen-bond donors (Lipinski definition) is 1. The van der Waals surface area contributed by atoms with E-state index in [4.69, 9.17) is 27.9 Å². The van der Waals surface area contributed by atoms with Crippen LogP contribution in [-0.2, 0) is 0 Å². The molecule has 5 heteroatoms. The fourth-order valence-corrected chi connectivity index (χ4v) is 3.28. The molecule has 1 aliphatic heterocycles. The highest BCUT2D eigenvalue weighted by Gasteiger charge is 2.22. The molecule has 3 rings (SSSR count). The topological polar surface area (TPSA) is 21.3 Å². The maximum Gasteiger partial charge on any atom is 0.124 e. The van der Waals surface area contributed by atoms with Gasteiger partial charge >= 0.3 is 0 Å². The van der Waals surface area contributed by atoms with Gasteiger partial charge in [0.2, 0.25) is 0 Å². The summed E-state index contributed by atoms with van der Waals surface area (Å²) in [5.74, 6) is 0.913. The van der Waals surface area contributed by atoms with Gasteiger partial charge in [0.1, 0.15) is 5.75 Å². The van der Waals surface area contributed by atoms with Crippen LogP contribution < -0.4 is 10.1 Å². The van der Waals surface area contributed by atoms with E-state index in [0.29, 0.717) is 16.7 Å². The lowest BCUT2D eigenvalue weighted by Crippen LogP contribution is -2.20. The van der Waals surface area contributed by atoms with Gasteiger partial charge < -0.3 is 10.1 Å². The summed E-state index contributed by atoms with van der Waals surface area (Å²) in [6.45, 7) is 2.63. The molecule has 2 aromatic rings. The Morgan fingerprint density at radius 3 is 2.81 bits per heavy atom. The van der Waals surface area contributed by atoms with Crippen LogP contribution in [0.15, 0.2) is 34.8 Å². The fourth-order valence-electron chi connectivity index (χ4n) is 2.46. The van der Waals surface area contributed by atoms with Gasteiger partial charge in [-0.2, -0.15) is 0 Å². The van der Waals surface area contributed by atoms with E-state index >= 15 is 0 Å². The summed E-state index contributed by atoms with van der Waals surface area (Å²) in [4.78, 5) is 0. The average Bonchev–Trinajstić information content (AvgIpc) is 2.45. The lowest BCUT2D eigenvalue weighted by Gasteiger charge is -2.28. The summed E-state index contributed by atoms with van der Waals surface area (Å²) in [6, 6.07) is 9.96. The highest BCUT2D eigenvalue weighted by atomic mass is 79.9. The van der Waals surface area contributed by atoms with Crippen LogP contribution >= 0.6 is 39.1 Å². The minimum atomic E-state index is 0.155. The number of aryl methyl sites for hydroxylation is 1. The van der Waals surface area contributed by atoms with Crippen molar-refractivity contribution in [2.75, 3.05) is 11.9 Å². The third-order valence-corrected chi connectivity index (χ3v) is 4.80. The highest BCUT2D eigenvalue weighted by molar-refractivity contribution is 9.10. The summed E-state index contributed by atoms with van der Waals surface area (Å²) < 4.78 is 6.73. The second-order valence-electron chi connectivity index (χ2n) is 5.10. The minimum absolute atomic E-state index is 0.155. The standard InChI is InChI=1S/C16H14BrCl2NO/c1-9-6-13(19)15(8-12(9)18)20-14-4-5-21-16-3-2-10(17)7-11(14)16/h2-3,6-8,14,20H,4-5H2,1H3. The Morgan fingerprint density at radius 1 is 1.19 bits per heavy atom. The summed E-state index contributed by atoms with van der Waals surface area (Å²) in [7, 11) is 0. The van der Waals surface area contributed by atoms with Crippen LogP contribution in [0.3, 0.4) is 0 Å². The Morgan fingerprint density at radius 2 is 2.00 bits per heavy atom. The molecule has 2 nitrogen and oxygen atoms in total. The molecule has 0 aromatic heterocycles. The zero-order valence-electron chi connectivity index (χ0n) is 11.4. The van der Waals surface area contributed by atoms with E-state index in [1.165, 1.54) is 0 Å². The van der Waals surface area contributed by atoms with E-state index in [1.54, 1.807) is 0 Å². The number of ether oxygens (including phenoxy) is 1. The van der Waals surface area contributed by atoms with Gasteiger partial charge in [0.25, 0.3) is 0 Å². The monoisotopic (exact) mass is 385 g/mol. The van der Waals surface area contributed by atoms with Crippen LogP contribution in [-0.4, -0.2) is 6.61 Å². The van der Waals surface area contributed by atoms with Gasteiger partial charge in [-0.3, -0.25) is 0 Å². The molecule has 0 saturated heterocycles. The van der Waals surface area contributed by atoms with Gasteiger partial charge in [0.05, 0.1) is 23.4 Å². The molecule has 110 valence electrons. The molecule has 0 aliphatic carbocycles. The molecule has 21 heavy (non-hydrogen) atoms. The smallest absolute Gasteiger partial charge is 0.124 e. The highest BCUT2D eigenvalue weighted by Crippen LogP contribution is 2.38. The molecule has 1 unspecified atom stereocenters. The van der Waals surface area contributed by atoms with E-state index in [2.05, 4.69) is 27.3 Å². The quantitative estimate of drug-likeness (QED) is 0.683. The van der Waals surface area contributed by atoms with Crippen LogP contribution in [0.5, 0.6) is 5.75 Å². The van der Waals surface area contributed by atoms with Crippen molar-refractivity contribution in [3.05, 3.63) is 56.0 Å². The van der Waals surface area contributed by atoms with E-state index in [0.717, 1.165) is 33.5 Å². The fraction of sp³-hybridized carbons (Fsp3) is 0.250. The number of hydrogen-bond acceptors (Lipinski definition) is 2. The van der Waals surface area contributed by atoms with Crippen LogP contribution in [0.2, 0.25) is 10.0 Å². The zero-order valence-corrected chi connectivity index (χ0v) is 14.5. The van der Waals surface area contributed by atoms with Crippen LogP contribution in [0, 0.1) is 6.92 Å². The third-order valence-electron chi connectivity index (χ3n) is 3.59. The molecule has 1 N–H and O–H groups in total. The lowest BCUT2D eigenvalue weighted by molar-refractivity contribution is 0.274. The zero-order chi connectivity index (χ0) is 15.0. The molecule has 0 saturated carbocycles. The van der Waals surface area contributed by atoms with Crippen molar-refractivity contribution in [1.29, 1.82) is 0 Å². The Kier molecular flexibility index (Phi) is 4.34. The lowest BCUT2D eigenvalue weighted by atomic mass is 10.00. The predicted molar refractivity (Wildman–Crippen MR) is 91.8 cm³/mol. The Balaban J connectivity index is 1.93. The Labute approximate surface area is 142 Å². The number of rotatable bonds is 2. The summed E-state index contributed by atoms with van der Waals surface area (Å²) >= 11 is 16.0. The molecular formula is C16H14BrCl2NO. The molecule has 1 heterocycles. The summed E-state index contributed by atoms with van der Waals surface area (Å²) in [6.07, 6.45) is 0.880. The van der Waals surface area contributed by atoms with E-state index in [1.807, 2.05) is 31.2 Å². The molecule has 1 aliphatic rings. The van der Waals surface area contributed by atoms with Gasteiger partial charge in [0.15, 0.2) is 0 Å². The summed E-state index contributed by atoms with van der Waals surface area (Å²) in [5.41, 5.74) is 2.95. The molecular weight excluding hydrogens is 373 g/mol. The van der Waals surface area contributed by atoms with Crippen molar-refractivity contribution in [3.8, 4) is 5.75 Å². The maximum absolute atomic E-state index is 6.32. The average molecular weight is 387 g/mol. The predicted octanol–water partition coefficient (Wildman–Crippen LogP) is 6.00. The molecule has 2 aromatic carbocycles. The number of halogens is 3. The molecule has 1 atom stereocenters. The Hall–Kier alpha value is -0.900. The SMILES string of the molecule is Cc1cc(Cl)c(NC2CCOc3ccc(Br)cc32)cc1Cl. The van der Waals surface area contributed by atoms with Crippen molar-refractivity contribution in [2.24, 2.45) is 0 Å². The molecule has 0 radical (unpaired) electrons. The first-order valence-corrected chi connectivity index (χ1v) is 8.24. The molecule has 0 bridgehead atoms. The minimum Gasteiger partial charge on any atom is -0.493 e. The van der Waals surface area contributed by atoms with Gasteiger partial charge in [-0.1, -0.05) is 39.1 Å². The van der Waals surface area contributed by atoms with Gasteiger partial charge in [0, 0.05) is 21.5 Å². The maximum atomic E-state index is 6.32. The van der Waals surface area contributed by atoms with Crippen LogP contribution in [0.1, 0.15) is 23.6 Å². The van der Waals surface area contributed by atoms with Crippen molar-refractivity contribution < 1.29 is 4.74 Å². The number of benzene rings is 2. The van der Waals surface area contributed by atoms with Crippen LogP contribution in [0.4, 0.5) is 5.69 Å². The van der Waals surface area contributed by atoms with Crippen LogP contribution in [0.25, 0.3) is 0 Å². The third kappa shape index (κ3) is 3.15. The molecule has 0 spiro atoms. The van der Waals surface area contributed by atoms with Gasteiger partial charge in [-0.15, -0.1) is 0 Å². The van der Waals surface area contributed by atoms with Gasteiger partial charge in [-0.25, -0.2) is 0 Å². The Bertz CT molecular complexity index is 690. The second kappa shape index (κ2) is 6.07. The molecule has 0 fully saturated rings. The van der Waals surface area contributed by atoms with Crippen molar-refractivity contribution in [1.82, 2.24) is 0 Å². The second-order valence-corrected chi connectivity index (χ2v) is 6.83. The summed E-state index contributed by atoms with van der Waals surface area (Å²) in [5, 5.41) is 4.88. The van der Waals surface area contributed by atoms with Crippen molar-refractivity contribution in [2.45, 2.75) is 19.4 Å². The van der Waals surface area contributed by atoms with Gasteiger partial charge in [-0.05, 0) is 42.8 Å². The van der Waals surface area contributed by atoms with Crippen molar-refractivity contribution in [3.63, 3.8) is 0 Å². The molecule has 0 amide bonds. The van der Waals surface area contributed by atoms with E-state index < -0.39 is 0 Å².